The van der Waals surface area contributed by atoms with E-state index in [9.17, 15) is 9.59 Å². The zero-order chi connectivity index (χ0) is 22.2. The van der Waals surface area contributed by atoms with E-state index in [-0.39, 0.29) is 11.6 Å². The van der Waals surface area contributed by atoms with Crippen molar-refractivity contribution in [1.29, 1.82) is 0 Å². The molecule has 0 radical (unpaired) electrons. The largest absolute Gasteiger partial charge is 0.323 e. The fourth-order valence-corrected chi connectivity index (χ4v) is 3.62. The van der Waals surface area contributed by atoms with Crippen LogP contribution in [0.3, 0.4) is 0 Å². The van der Waals surface area contributed by atoms with Crippen molar-refractivity contribution in [1.82, 2.24) is 24.1 Å². The summed E-state index contributed by atoms with van der Waals surface area (Å²) < 4.78 is 3.45. The highest BCUT2D eigenvalue weighted by Gasteiger charge is 2.18. The highest BCUT2D eigenvalue weighted by atomic mass is 16.2. The van der Waals surface area contributed by atoms with E-state index in [2.05, 4.69) is 25.6 Å². The van der Waals surface area contributed by atoms with Gasteiger partial charge in [-0.05, 0) is 36.4 Å². The van der Waals surface area contributed by atoms with E-state index in [1.165, 1.54) is 0 Å². The van der Waals surface area contributed by atoms with Gasteiger partial charge >= 0.3 is 0 Å². The summed E-state index contributed by atoms with van der Waals surface area (Å²) in [5.41, 5.74) is 3.18. The topological polar surface area (TPSA) is 107 Å². The van der Waals surface area contributed by atoms with Crippen molar-refractivity contribution in [2.75, 3.05) is 10.6 Å². The highest BCUT2D eigenvalue weighted by Crippen LogP contribution is 2.18. The lowest BCUT2D eigenvalue weighted by Gasteiger charge is -2.08. The molecule has 2 N–H and O–H groups in total. The molecular weight excluding hydrogens is 406 g/mol. The van der Waals surface area contributed by atoms with Crippen molar-refractivity contribution in [3.8, 4) is 0 Å². The summed E-state index contributed by atoms with van der Waals surface area (Å²) in [4.78, 5) is 38.7. The van der Waals surface area contributed by atoms with Gasteiger partial charge in [-0.3, -0.25) is 9.59 Å². The molecule has 0 saturated heterocycles. The second-order valence-corrected chi connectivity index (χ2v) is 7.28. The van der Waals surface area contributed by atoms with Crippen molar-refractivity contribution in [3.05, 3.63) is 78.4 Å². The molecule has 0 aliphatic rings. The van der Waals surface area contributed by atoms with E-state index in [0.717, 1.165) is 22.1 Å². The standard InChI is InChI=1S/C23H19N7O2/c1-29-16-10-5-3-8-14(16)24-20(29)22(31)27-18-12-7-13-19(26-18)28-23(32)21-25-15-9-4-6-11-17(15)30(21)2/h3-13H,1-2H3,(H2,26,27,28,31,32). The Morgan fingerprint density at radius 3 is 1.50 bits per heavy atom. The summed E-state index contributed by atoms with van der Waals surface area (Å²) >= 11 is 0. The first-order valence-corrected chi connectivity index (χ1v) is 9.94. The molecule has 0 fully saturated rings. The van der Waals surface area contributed by atoms with Gasteiger partial charge < -0.3 is 19.8 Å². The molecule has 5 rings (SSSR count). The molecule has 9 nitrogen and oxygen atoms in total. The van der Waals surface area contributed by atoms with Crippen LogP contribution in [0.4, 0.5) is 11.6 Å². The monoisotopic (exact) mass is 425 g/mol. The number of carbonyl (C=O) groups excluding carboxylic acids is 2. The van der Waals surface area contributed by atoms with Gasteiger partial charge in [-0.25, -0.2) is 15.0 Å². The molecule has 32 heavy (non-hydrogen) atoms. The lowest BCUT2D eigenvalue weighted by Crippen LogP contribution is -2.20. The average molecular weight is 425 g/mol. The number of carbonyl (C=O) groups is 2. The number of imidazole rings is 2. The summed E-state index contributed by atoms with van der Waals surface area (Å²) in [5, 5.41) is 5.48. The number of para-hydroxylation sites is 4. The van der Waals surface area contributed by atoms with Crippen molar-refractivity contribution in [2.24, 2.45) is 14.1 Å². The third-order valence-corrected chi connectivity index (χ3v) is 5.21. The Kier molecular flexibility index (Phi) is 4.63. The van der Waals surface area contributed by atoms with Gasteiger partial charge in [0.25, 0.3) is 11.8 Å². The summed E-state index contributed by atoms with van der Waals surface area (Å²) in [6.07, 6.45) is 0. The molecule has 0 unspecified atom stereocenters. The van der Waals surface area contributed by atoms with Gasteiger partial charge in [0.05, 0.1) is 22.1 Å². The van der Waals surface area contributed by atoms with Crippen LogP contribution >= 0.6 is 0 Å². The first-order chi connectivity index (χ1) is 15.5. The van der Waals surface area contributed by atoms with E-state index in [4.69, 9.17) is 0 Å². The number of hydrogen-bond acceptors (Lipinski definition) is 5. The first-order valence-electron chi connectivity index (χ1n) is 9.94. The molecule has 0 aliphatic carbocycles. The fraction of sp³-hybridized carbons (Fsp3) is 0.0870. The van der Waals surface area contributed by atoms with Crippen LogP contribution in [0.25, 0.3) is 22.1 Å². The van der Waals surface area contributed by atoms with Crippen LogP contribution in [-0.4, -0.2) is 35.9 Å². The fourth-order valence-electron chi connectivity index (χ4n) is 3.62. The third kappa shape index (κ3) is 3.35. The van der Waals surface area contributed by atoms with Crippen molar-refractivity contribution >= 4 is 45.5 Å². The molecule has 3 aromatic heterocycles. The maximum atomic E-state index is 12.8. The number of fused-ring (bicyclic) bond motifs is 2. The van der Waals surface area contributed by atoms with Crippen LogP contribution in [0.15, 0.2) is 66.7 Å². The zero-order valence-corrected chi connectivity index (χ0v) is 17.4. The van der Waals surface area contributed by atoms with E-state index in [1.54, 1.807) is 41.4 Å². The molecule has 5 aromatic rings. The molecule has 3 heterocycles. The molecule has 2 aromatic carbocycles. The highest BCUT2D eigenvalue weighted by molar-refractivity contribution is 6.05. The normalized spacial score (nSPS) is 11.1. The van der Waals surface area contributed by atoms with Crippen LogP contribution in [-0.2, 0) is 14.1 Å². The van der Waals surface area contributed by atoms with Gasteiger partial charge in [-0.15, -0.1) is 0 Å². The number of rotatable bonds is 4. The number of nitrogens with one attached hydrogen (secondary N) is 2. The molecule has 0 aliphatic heterocycles. The maximum absolute atomic E-state index is 12.8. The molecule has 9 heteroatoms. The second-order valence-electron chi connectivity index (χ2n) is 7.28. The summed E-state index contributed by atoms with van der Waals surface area (Å²) in [7, 11) is 3.57. The number of aromatic nitrogens is 5. The number of anilines is 2. The van der Waals surface area contributed by atoms with Crippen LogP contribution < -0.4 is 10.6 Å². The number of hydrogen-bond donors (Lipinski definition) is 2. The van der Waals surface area contributed by atoms with Gasteiger partial charge in [-0.1, -0.05) is 30.3 Å². The van der Waals surface area contributed by atoms with Crippen molar-refractivity contribution < 1.29 is 9.59 Å². The number of pyridine rings is 1. The molecule has 0 spiro atoms. The molecule has 0 atom stereocenters. The zero-order valence-electron chi connectivity index (χ0n) is 17.4. The Labute approximate surface area is 182 Å². The Morgan fingerprint density at radius 1 is 0.625 bits per heavy atom. The predicted octanol–water partition coefficient (Wildman–Crippen LogP) is 3.36. The summed E-state index contributed by atoms with van der Waals surface area (Å²) in [5.74, 6) is 0.337. The average Bonchev–Trinajstić information content (AvgIpc) is 3.32. The van der Waals surface area contributed by atoms with E-state index < -0.39 is 11.8 Å². The van der Waals surface area contributed by atoms with Crippen LogP contribution in [0.1, 0.15) is 21.2 Å². The van der Waals surface area contributed by atoms with Crippen molar-refractivity contribution in [2.45, 2.75) is 0 Å². The van der Waals surface area contributed by atoms with Gasteiger partial charge in [0.1, 0.15) is 11.6 Å². The molecule has 0 bridgehead atoms. The van der Waals surface area contributed by atoms with Crippen LogP contribution in [0.5, 0.6) is 0 Å². The predicted molar refractivity (Wildman–Crippen MR) is 122 cm³/mol. The Hall–Kier alpha value is -4.53. The number of benzene rings is 2. The second kappa shape index (κ2) is 7.62. The Balaban J connectivity index is 1.36. The van der Waals surface area contributed by atoms with E-state index in [1.807, 2.05) is 48.5 Å². The van der Waals surface area contributed by atoms with E-state index in [0.29, 0.717) is 11.6 Å². The molecular formula is C23H19N7O2. The first kappa shape index (κ1) is 19.4. The SMILES string of the molecule is Cn1c(C(=O)Nc2cccc(NC(=O)c3nc4ccccc4n3C)n2)nc2ccccc21. The lowest BCUT2D eigenvalue weighted by atomic mass is 10.3. The number of amides is 2. The van der Waals surface area contributed by atoms with Crippen LogP contribution in [0, 0.1) is 0 Å². The van der Waals surface area contributed by atoms with E-state index >= 15 is 0 Å². The summed E-state index contributed by atoms with van der Waals surface area (Å²) in [6, 6.07) is 20.0. The number of aryl methyl sites for hydroxylation is 2. The van der Waals surface area contributed by atoms with Gasteiger partial charge in [0, 0.05) is 14.1 Å². The lowest BCUT2D eigenvalue weighted by molar-refractivity contribution is 0.100. The molecule has 2 amide bonds. The van der Waals surface area contributed by atoms with Gasteiger partial charge in [0.2, 0.25) is 0 Å². The molecule has 158 valence electrons. The maximum Gasteiger partial charge on any atom is 0.292 e. The van der Waals surface area contributed by atoms with Crippen molar-refractivity contribution in [3.63, 3.8) is 0 Å². The van der Waals surface area contributed by atoms with Gasteiger partial charge in [-0.2, -0.15) is 0 Å². The smallest absolute Gasteiger partial charge is 0.292 e. The van der Waals surface area contributed by atoms with Crippen LogP contribution in [0.2, 0.25) is 0 Å². The molecule has 0 saturated carbocycles. The minimum atomic E-state index is -0.393. The third-order valence-electron chi connectivity index (χ3n) is 5.21. The minimum Gasteiger partial charge on any atom is -0.323 e. The van der Waals surface area contributed by atoms with Gasteiger partial charge in [0.15, 0.2) is 11.6 Å². The number of nitrogens with zero attached hydrogens (tertiary/aromatic N) is 5. The minimum absolute atomic E-state index is 0.266. The summed E-state index contributed by atoms with van der Waals surface area (Å²) in [6.45, 7) is 0. The Bertz CT molecular complexity index is 1390. The Morgan fingerprint density at radius 2 is 1.06 bits per heavy atom. The quantitative estimate of drug-likeness (QED) is 0.459.